The third-order valence-electron chi connectivity index (χ3n) is 3.90. The molecule has 0 saturated heterocycles. The van der Waals surface area contributed by atoms with Gasteiger partial charge in [0.25, 0.3) is 0 Å². The van der Waals surface area contributed by atoms with Gasteiger partial charge >= 0.3 is 0 Å². The Morgan fingerprint density at radius 3 is 2.57 bits per heavy atom. The van der Waals surface area contributed by atoms with Crippen LogP contribution in [0.4, 0.5) is 0 Å². The number of benzene rings is 2. The SMILES string of the molecule is COc1cc2c(CO)nccc2c(OCc2ccccc2)c1C. The molecule has 1 aromatic heterocycles. The Balaban J connectivity index is 2.08. The lowest BCUT2D eigenvalue weighted by atomic mass is 10.0. The van der Waals surface area contributed by atoms with E-state index in [1.807, 2.05) is 49.4 Å². The Morgan fingerprint density at radius 1 is 1.09 bits per heavy atom. The predicted molar refractivity (Wildman–Crippen MR) is 89.7 cm³/mol. The topological polar surface area (TPSA) is 51.6 Å². The van der Waals surface area contributed by atoms with Crippen LogP contribution in [0.1, 0.15) is 16.8 Å². The first kappa shape index (κ1) is 15.3. The summed E-state index contributed by atoms with van der Waals surface area (Å²) in [5, 5.41) is 11.3. The highest BCUT2D eigenvalue weighted by Crippen LogP contribution is 2.37. The largest absolute Gasteiger partial charge is 0.496 e. The van der Waals surface area contributed by atoms with Gasteiger partial charge in [-0.05, 0) is 24.6 Å². The van der Waals surface area contributed by atoms with E-state index < -0.39 is 0 Å². The van der Waals surface area contributed by atoms with E-state index in [9.17, 15) is 5.11 Å². The summed E-state index contributed by atoms with van der Waals surface area (Å²) in [6.45, 7) is 2.32. The highest BCUT2D eigenvalue weighted by molar-refractivity contribution is 5.92. The van der Waals surface area contributed by atoms with Crippen molar-refractivity contribution in [2.75, 3.05) is 7.11 Å². The fraction of sp³-hybridized carbons (Fsp3) is 0.211. The van der Waals surface area contributed by atoms with Crippen molar-refractivity contribution in [3.8, 4) is 11.5 Å². The molecule has 0 bridgehead atoms. The van der Waals surface area contributed by atoms with Crippen LogP contribution in [0.5, 0.6) is 11.5 Å². The molecule has 1 N–H and O–H groups in total. The van der Waals surface area contributed by atoms with Crippen LogP contribution >= 0.6 is 0 Å². The van der Waals surface area contributed by atoms with E-state index in [1.54, 1.807) is 13.3 Å². The van der Waals surface area contributed by atoms with E-state index in [-0.39, 0.29) is 6.61 Å². The van der Waals surface area contributed by atoms with Gasteiger partial charge in [0, 0.05) is 22.5 Å². The number of aliphatic hydroxyl groups excluding tert-OH is 1. The summed E-state index contributed by atoms with van der Waals surface area (Å²) < 4.78 is 11.5. The summed E-state index contributed by atoms with van der Waals surface area (Å²) in [5.41, 5.74) is 2.65. The molecule has 0 fully saturated rings. The van der Waals surface area contributed by atoms with Crippen LogP contribution in [0.2, 0.25) is 0 Å². The minimum atomic E-state index is -0.123. The highest BCUT2D eigenvalue weighted by atomic mass is 16.5. The van der Waals surface area contributed by atoms with Crippen molar-refractivity contribution in [3.05, 3.63) is 65.5 Å². The Morgan fingerprint density at radius 2 is 1.87 bits per heavy atom. The van der Waals surface area contributed by atoms with Gasteiger partial charge in [0.1, 0.15) is 18.1 Å². The van der Waals surface area contributed by atoms with Gasteiger partial charge in [-0.1, -0.05) is 30.3 Å². The van der Waals surface area contributed by atoms with E-state index in [4.69, 9.17) is 9.47 Å². The average Bonchev–Trinajstić information content (AvgIpc) is 2.60. The first-order valence-corrected chi connectivity index (χ1v) is 7.47. The molecule has 0 unspecified atom stereocenters. The molecule has 0 radical (unpaired) electrons. The number of hydrogen-bond acceptors (Lipinski definition) is 4. The molecule has 4 heteroatoms. The third-order valence-corrected chi connectivity index (χ3v) is 3.90. The van der Waals surface area contributed by atoms with E-state index >= 15 is 0 Å². The van der Waals surface area contributed by atoms with Crippen LogP contribution in [0.3, 0.4) is 0 Å². The second-order valence-electron chi connectivity index (χ2n) is 5.32. The van der Waals surface area contributed by atoms with Gasteiger partial charge in [0.15, 0.2) is 0 Å². The fourth-order valence-corrected chi connectivity index (χ4v) is 2.68. The van der Waals surface area contributed by atoms with Gasteiger partial charge in [0.05, 0.1) is 19.4 Å². The van der Waals surface area contributed by atoms with Gasteiger partial charge in [0.2, 0.25) is 0 Å². The summed E-state index contributed by atoms with van der Waals surface area (Å²) >= 11 is 0. The fourth-order valence-electron chi connectivity index (χ4n) is 2.68. The molecule has 23 heavy (non-hydrogen) atoms. The van der Waals surface area contributed by atoms with Crippen LogP contribution in [0.25, 0.3) is 10.8 Å². The monoisotopic (exact) mass is 309 g/mol. The summed E-state index contributed by atoms with van der Waals surface area (Å²) in [4.78, 5) is 4.23. The molecular formula is C19H19NO3. The maximum absolute atomic E-state index is 9.52. The van der Waals surface area contributed by atoms with Crippen LogP contribution in [0.15, 0.2) is 48.7 Å². The number of aromatic nitrogens is 1. The number of rotatable bonds is 5. The lowest BCUT2D eigenvalue weighted by Crippen LogP contribution is -2.01. The number of pyridine rings is 1. The molecule has 0 atom stereocenters. The van der Waals surface area contributed by atoms with Crippen molar-refractivity contribution in [1.29, 1.82) is 0 Å². The van der Waals surface area contributed by atoms with E-state index in [2.05, 4.69) is 4.98 Å². The first-order valence-electron chi connectivity index (χ1n) is 7.47. The molecule has 0 aliphatic carbocycles. The van der Waals surface area contributed by atoms with Crippen molar-refractivity contribution in [1.82, 2.24) is 4.98 Å². The number of methoxy groups -OCH3 is 1. The summed E-state index contributed by atoms with van der Waals surface area (Å²) in [7, 11) is 1.63. The third kappa shape index (κ3) is 2.98. The van der Waals surface area contributed by atoms with Gasteiger partial charge in [-0.2, -0.15) is 0 Å². The van der Waals surface area contributed by atoms with Crippen molar-refractivity contribution in [3.63, 3.8) is 0 Å². The summed E-state index contributed by atoms with van der Waals surface area (Å²) in [6, 6.07) is 13.8. The predicted octanol–water partition coefficient (Wildman–Crippen LogP) is 3.62. The number of aliphatic hydroxyl groups is 1. The molecule has 0 aliphatic heterocycles. The summed E-state index contributed by atoms with van der Waals surface area (Å²) in [6.07, 6.45) is 1.69. The number of nitrogens with zero attached hydrogens (tertiary/aromatic N) is 1. The molecular weight excluding hydrogens is 290 g/mol. The molecule has 118 valence electrons. The Labute approximate surface area is 135 Å². The smallest absolute Gasteiger partial charge is 0.134 e. The normalized spacial score (nSPS) is 10.7. The van der Waals surface area contributed by atoms with Crippen molar-refractivity contribution < 1.29 is 14.6 Å². The zero-order chi connectivity index (χ0) is 16.2. The van der Waals surface area contributed by atoms with Crippen molar-refractivity contribution >= 4 is 10.8 Å². The second kappa shape index (κ2) is 6.67. The second-order valence-corrected chi connectivity index (χ2v) is 5.32. The van der Waals surface area contributed by atoms with Crippen molar-refractivity contribution in [2.45, 2.75) is 20.1 Å². The molecule has 0 saturated carbocycles. The molecule has 3 rings (SSSR count). The average molecular weight is 309 g/mol. The zero-order valence-corrected chi connectivity index (χ0v) is 13.2. The van der Waals surface area contributed by atoms with Crippen molar-refractivity contribution in [2.24, 2.45) is 0 Å². The van der Waals surface area contributed by atoms with Gasteiger partial charge in [-0.25, -0.2) is 0 Å². The van der Waals surface area contributed by atoms with Gasteiger partial charge in [-0.3, -0.25) is 4.98 Å². The first-order chi connectivity index (χ1) is 11.2. The Hall–Kier alpha value is -2.59. The minimum absolute atomic E-state index is 0.123. The van der Waals surface area contributed by atoms with E-state index in [0.29, 0.717) is 12.3 Å². The lowest BCUT2D eigenvalue weighted by Gasteiger charge is -2.16. The van der Waals surface area contributed by atoms with Crippen LogP contribution in [-0.2, 0) is 13.2 Å². The number of hydrogen-bond donors (Lipinski definition) is 1. The molecule has 4 nitrogen and oxygen atoms in total. The Kier molecular flexibility index (Phi) is 4.44. The quantitative estimate of drug-likeness (QED) is 0.782. The molecule has 2 aromatic carbocycles. The highest BCUT2D eigenvalue weighted by Gasteiger charge is 2.15. The maximum atomic E-state index is 9.52. The molecule has 3 aromatic rings. The zero-order valence-electron chi connectivity index (χ0n) is 13.2. The number of fused-ring (bicyclic) bond motifs is 1. The Bertz CT molecular complexity index is 816. The number of ether oxygens (including phenoxy) is 2. The van der Waals surface area contributed by atoms with Crippen LogP contribution in [-0.4, -0.2) is 17.2 Å². The molecule has 0 amide bonds. The molecule has 1 heterocycles. The lowest BCUT2D eigenvalue weighted by molar-refractivity contribution is 0.278. The van der Waals surface area contributed by atoms with Crippen LogP contribution < -0.4 is 9.47 Å². The van der Waals surface area contributed by atoms with Gasteiger partial charge < -0.3 is 14.6 Å². The minimum Gasteiger partial charge on any atom is -0.496 e. The molecule has 0 aliphatic rings. The molecule has 0 spiro atoms. The maximum Gasteiger partial charge on any atom is 0.134 e. The van der Waals surface area contributed by atoms with E-state index in [1.165, 1.54) is 0 Å². The standard InChI is InChI=1S/C19H19NO3/c1-13-18(22-2)10-16-15(8-9-20-17(16)11-21)19(13)23-12-14-6-4-3-5-7-14/h3-10,21H,11-12H2,1-2H3. The van der Waals surface area contributed by atoms with Gasteiger partial charge in [-0.15, -0.1) is 0 Å². The van der Waals surface area contributed by atoms with E-state index in [0.717, 1.165) is 33.4 Å². The summed E-state index contributed by atoms with van der Waals surface area (Å²) in [5.74, 6) is 1.49. The van der Waals surface area contributed by atoms with Crippen LogP contribution in [0, 0.1) is 6.92 Å².